The number of aromatic nitrogens is 1. The number of fused-ring (bicyclic) bond motifs is 3. The molecule has 6 nitrogen and oxygen atoms in total. The highest BCUT2D eigenvalue weighted by Crippen LogP contribution is 2.44. The Kier molecular flexibility index (Phi) is 5.78. The number of carboxylic acid groups (broad SMARTS) is 1. The summed E-state index contributed by atoms with van der Waals surface area (Å²) >= 11 is 0. The standard InChI is InChI=1S/C26H28N2O4/c1-26(2,3)28-13-12-17(15-28)14-23(24(29)30)27-25(31)32-16-22-20-10-6-4-8-18(20)19-9-5-7-11-21(19)22/h4-13,15,22-23H,14,16H2,1-3H3,(H,27,31)(H,29,30). The molecule has 6 heteroatoms. The molecule has 1 amide bonds. The fourth-order valence-corrected chi connectivity index (χ4v) is 4.20. The quantitative estimate of drug-likeness (QED) is 0.588. The van der Waals surface area contributed by atoms with Crippen LogP contribution in [0.5, 0.6) is 0 Å². The van der Waals surface area contributed by atoms with Crippen molar-refractivity contribution in [3.05, 3.63) is 83.7 Å². The van der Waals surface area contributed by atoms with Gasteiger partial charge in [-0.3, -0.25) is 0 Å². The Morgan fingerprint density at radius 1 is 1.03 bits per heavy atom. The van der Waals surface area contributed by atoms with Crippen LogP contribution in [-0.4, -0.2) is 34.4 Å². The van der Waals surface area contributed by atoms with Gasteiger partial charge in [-0.15, -0.1) is 0 Å². The maximum absolute atomic E-state index is 12.5. The fourth-order valence-electron chi connectivity index (χ4n) is 4.20. The molecule has 3 aromatic rings. The van der Waals surface area contributed by atoms with Crippen LogP contribution in [0.3, 0.4) is 0 Å². The van der Waals surface area contributed by atoms with E-state index in [-0.39, 0.29) is 24.5 Å². The van der Waals surface area contributed by atoms with Gasteiger partial charge in [-0.2, -0.15) is 0 Å². The third kappa shape index (κ3) is 4.40. The number of carbonyl (C=O) groups excluding carboxylic acids is 1. The van der Waals surface area contributed by atoms with Gasteiger partial charge >= 0.3 is 12.1 Å². The van der Waals surface area contributed by atoms with Crippen LogP contribution < -0.4 is 5.32 Å². The summed E-state index contributed by atoms with van der Waals surface area (Å²) in [5.74, 6) is -1.17. The molecule has 1 heterocycles. The van der Waals surface area contributed by atoms with Crippen LogP contribution in [0.4, 0.5) is 4.79 Å². The summed E-state index contributed by atoms with van der Waals surface area (Å²) in [6.45, 7) is 6.35. The Hall–Kier alpha value is -3.54. The van der Waals surface area contributed by atoms with E-state index in [1.807, 2.05) is 59.4 Å². The van der Waals surface area contributed by atoms with Gasteiger partial charge in [0.15, 0.2) is 0 Å². The normalized spacial score (nSPS) is 13.8. The highest BCUT2D eigenvalue weighted by atomic mass is 16.5. The Morgan fingerprint density at radius 3 is 2.16 bits per heavy atom. The number of ether oxygens (including phenoxy) is 1. The van der Waals surface area contributed by atoms with E-state index in [4.69, 9.17) is 4.74 Å². The number of nitrogens with zero attached hydrogens (tertiary/aromatic N) is 1. The first-order valence-corrected chi connectivity index (χ1v) is 10.8. The highest BCUT2D eigenvalue weighted by molar-refractivity contribution is 5.81. The molecule has 0 saturated carbocycles. The molecular formula is C26H28N2O4. The number of alkyl carbamates (subject to hydrolysis) is 1. The van der Waals surface area contributed by atoms with Crippen LogP contribution in [0, 0.1) is 0 Å². The lowest BCUT2D eigenvalue weighted by molar-refractivity contribution is -0.139. The van der Waals surface area contributed by atoms with Crippen molar-refractivity contribution >= 4 is 12.1 Å². The van der Waals surface area contributed by atoms with E-state index < -0.39 is 18.1 Å². The van der Waals surface area contributed by atoms with Gasteiger partial charge in [0.25, 0.3) is 0 Å². The zero-order valence-corrected chi connectivity index (χ0v) is 18.5. The van der Waals surface area contributed by atoms with E-state index in [1.54, 1.807) is 0 Å². The zero-order chi connectivity index (χ0) is 22.9. The lowest BCUT2D eigenvalue weighted by Gasteiger charge is -2.21. The van der Waals surface area contributed by atoms with Gasteiger partial charge in [0.2, 0.25) is 0 Å². The van der Waals surface area contributed by atoms with Gasteiger partial charge in [-0.25, -0.2) is 9.59 Å². The van der Waals surface area contributed by atoms with Crippen molar-refractivity contribution in [1.82, 2.24) is 9.88 Å². The molecule has 1 atom stereocenters. The number of benzene rings is 2. The van der Waals surface area contributed by atoms with Gasteiger partial charge < -0.3 is 19.7 Å². The molecular weight excluding hydrogens is 404 g/mol. The minimum absolute atomic E-state index is 0.0720. The van der Waals surface area contributed by atoms with Crippen molar-refractivity contribution in [3.63, 3.8) is 0 Å². The van der Waals surface area contributed by atoms with E-state index in [0.29, 0.717) is 0 Å². The van der Waals surface area contributed by atoms with Crippen molar-refractivity contribution in [3.8, 4) is 11.1 Å². The second kappa shape index (κ2) is 8.54. The summed E-state index contributed by atoms with van der Waals surface area (Å²) in [4.78, 5) is 24.2. The van der Waals surface area contributed by atoms with Crippen molar-refractivity contribution in [2.24, 2.45) is 0 Å². The predicted molar refractivity (Wildman–Crippen MR) is 123 cm³/mol. The smallest absolute Gasteiger partial charge is 0.407 e. The first-order chi connectivity index (χ1) is 15.2. The molecule has 0 bridgehead atoms. The Labute approximate surface area is 187 Å². The Balaban J connectivity index is 1.41. The van der Waals surface area contributed by atoms with E-state index in [9.17, 15) is 14.7 Å². The maximum Gasteiger partial charge on any atom is 0.407 e. The molecule has 2 aromatic carbocycles. The summed E-state index contributed by atoms with van der Waals surface area (Å²) < 4.78 is 7.52. The minimum Gasteiger partial charge on any atom is -0.480 e. The molecule has 0 aliphatic heterocycles. The van der Waals surface area contributed by atoms with Gasteiger partial charge in [0.05, 0.1) is 0 Å². The SMILES string of the molecule is CC(C)(C)n1ccc(CC(NC(=O)OCC2c3ccccc3-c3ccccc32)C(=O)O)c1. The molecule has 1 aliphatic carbocycles. The third-order valence-electron chi connectivity index (χ3n) is 5.90. The van der Waals surface area contributed by atoms with E-state index >= 15 is 0 Å². The number of hydrogen-bond donors (Lipinski definition) is 2. The molecule has 166 valence electrons. The average molecular weight is 433 g/mol. The minimum atomic E-state index is -1.10. The second-order valence-electron chi connectivity index (χ2n) is 9.16. The monoisotopic (exact) mass is 432 g/mol. The molecule has 0 radical (unpaired) electrons. The lowest BCUT2D eigenvalue weighted by Crippen LogP contribution is -2.42. The van der Waals surface area contributed by atoms with Crippen molar-refractivity contribution in [2.75, 3.05) is 6.61 Å². The van der Waals surface area contributed by atoms with Crippen molar-refractivity contribution in [1.29, 1.82) is 0 Å². The van der Waals surface area contributed by atoms with Crippen LogP contribution in [-0.2, 0) is 21.5 Å². The summed E-state index contributed by atoms with van der Waals surface area (Å²) in [5, 5.41) is 12.1. The van der Waals surface area contributed by atoms with Gasteiger partial charge in [0.1, 0.15) is 12.6 Å². The van der Waals surface area contributed by atoms with Crippen LogP contribution in [0.15, 0.2) is 67.0 Å². The van der Waals surface area contributed by atoms with Gasteiger partial charge in [0, 0.05) is 30.3 Å². The first-order valence-electron chi connectivity index (χ1n) is 10.8. The average Bonchev–Trinajstić information content (AvgIpc) is 3.35. The molecule has 1 aromatic heterocycles. The predicted octanol–water partition coefficient (Wildman–Crippen LogP) is 4.78. The summed E-state index contributed by atoms with van der Waals surface area (Å²) in [5.41, 5.74) is 5.25. The van der Waals surface area contributed by atoms with E-state index in [1.165, 1.54) is 0 Å². The summed E-state index contributed by atoms with van der Waals surface area (Å²) in [6.07, 6.45) is 3.29. The molecule has 1 unspecified atom stereocenters. The van der Waals surface area contributed by atoms with E-state index in [0.717, 1.165) is 27.8 Å². The van der Waals surface area contributed by atoms with Crippen LogP contribution in [0.1, 0.15) is 43.4 Å². The molecule has 4 rings (SSSR count). The van der Waals surface area contributed by atoms with Crippen LogP contribution in [0.2, 0.25) is 0 Å². The molecule has 1 aliphatic rings. The molecule has 2 N–H and O–H groups in total. The molecule has 0 spiro atoms. The maximum atomic E-state index is 12.5. The van der Waals surface area contributed by atoms with Crippen LogP contribution in [0.25, 0.3) is 11.1 Å². The fraction of sp³-hybridized carbons (Fsp3) is 0.308. The summed E-state index contributed by atoms with van der Waals surface area (Å²) in [7, 11) is 0. The van der Waals surface area contributed by atoms with Crippen molar-refractivity contribution < 1.29 is 19.4 Å². The Morgan fingerprint density at radius 2 is 1.62 bits per heavy atom. The second-order valence-corrected chi connectivity index (χ2v) is 9.16. The molecule has 0 saturated heterocycles. The largest absolute Gasteiger partial charge is 0.480 e. The zero-order valence-electron chi connectivity index (χ0n) is 18.5. The number of rotatable bonds is 6. The number of carboxylic acids is 1. The third-order valence-corrected chi connectivity index (χ3v) is 5.90. The first kappa shape index (κ1) is 21.7. The van der Waals surface area contributed by atoms with Gasteiger partial charge in [-0.05, 0) is 54.7 Å². The number of amides is 1. The molecule has 0 fully saturated rings. The summed E-state index contributed by atoms with van der Waals surface area (Å²) in [6, 6.07) is 17.0. The number of hydrogen-bond acceptors (Lipinski definition) is 3. The lowest BCUT2D eigenvalue weighted by atomic mass is 9.98. The number of carbonyl (C=O) groups is 2. The highest BCUT2D eigenvalue weighted by Gasteiger charge is 2.30. The number of nitrogens with one attached hydrogen (secondary N) is 1. The van der Waals surface area contributed by atoms with Crippen LogP contribution >= 0.6 is 0 Å². The molecule has 32 heavy (non-hydrogen) atoms. The van der Waals surface area contributed by atoms with Crippen molar-refractivity contribution in [2.45, 2.75) is 44.7 Å². The Bertz CT molecular complexity index is 1100. The number of aliphatic carboxylic acids is 1. The van der Waals surface area contributed by atoms with Gasteiger partial charge in [-0.1, -0.05) is 48.5 Å². The van der Waals surface area contributed by atoms with E-state index in [2.05, 4.69) is 38.2 Å². The topological polar surface area (TPSA) is 80.6 Å².